The Kier molecular flexibility index (Phi) is 7.01. The van der Waals surface area contributed by atoms with Gasteiger partial charge in [-0.15, -0.1) is 0 Å². The van der Waals surface area contributed by atoms with Crippen LogP contribution in [0.25, 0.3) is 0 Å². The summed E-state index contributed by atoms with van der Waals surface area (Å²) in [4.78, 5) is 23.7. The Balaban J connectivity index is 1.59. The van der Waals surface area contributed by atoms with Crippen molar-refractivity contribution in [2.75, 3.05) is 19.7 Å². The summed E-state index contributed by atoms with van der Waals surface area (Å²) in [5, 5.41) is 5.37. The molecular formula is C20H24N2O3. The fourth-order valence-electron chi connectivity index (χ4n) is 2.23. The first-order valence-electron chi connectivity index (χ1n) is 8.35. The van der Waals surface area contributed by atoms with Gasteiger partial charge in [-0.05, 0) is 50.1 Å². The van der Waals surface area contributed by atoms with Crippen LogP contribution in [-0.2, 0) is 4.79 Å². The molecule has 0 spiro atoms. The molecule has 0 aliphatic heterocycles. The van der Waals surface area contributed by atoms with Gasteiger partial charge in [0.1, 0.15) is 5.75 Å². The van der Waals surface area contributed by atoms with Gasteiger partial charge in [-0.2, -0.15) is 0 Å². The summed E-state index contributed by atoms with van der Waals surface area (Å²) in [5.74, 6) is 0.366. The van der Waals surface area contributed by atoms with E-state index in [9.17, 15) is 9.59 Å². The lowest BCUT2D eigenvalue weighted by Crippen LogP contribution is -2.37. The summed E-state index contributed by atoms with van der Waals surface area (Å²) in [6, 6.07) is 15.1. The SMILES string of the molecule is Cc1ccc(C(=O)NCC(=O)NCCCOc2cccc(C)c2)cc1. The van der Waals surface area contributed by atoms with Crippen LogP contribution < -0.4 is 15.4 Å². The number of carbonyl (C=O) groups excluding carboxylic acids is 2. The Morgan fingerprint density at radius 3 is 2.44 bits per heavy atom. The Morgan fingerprint density at radius 1 is 0.960 bits per heavy atom. The third kappa shape index (κ3) is 6.67. The highest BCUT2D eigenvalue weighted by atomic mass is 16.5. The van der Waals surface area contributed by atoms with E-state index in [1.54, 1.807) is 12.1 Å². The van der Waals surface area contributed by atoms with E-state index in [2.05, 4.69) is 10.6 Å². The van der Waals surface area contributed by atoms with Gasteiger partial charge in [0.05, 0.1) is 13.2 Å². The number of ether oxygens (including phenoxy) is 1. The third-order valence-corrected chi connectivity index (χ3v) is 3.62. The standard InChI is InChI=1S/C20H24N2O3/c1-15-7-9-17(10-8-15)20(24)22-14-19(23)21-11-4-12-25-18-6-3-5-16(2)13-18/h3,5-10,13H,4,11-12,14H2,1-2H3,(H,21,23)(H,22,24). The van der Waals surface area contributed by atoms with Gasteiger partial charge < -0.3 is 15.4 Å². The number of hydrogen-bond donors (Lipinski definition) is 2. The highest BCUT2D eigenvalue weighted by Gasteiger charge is 2.07. The molecular weight excluding hydrogens is 316 g/mol. The maximum absolute atomic E-state index is 11.9. The average Bonchev–Trinajstić information content (AvgIpc) is 2.60. The minimum atomic E-state index is -0.252. The monoisotopic (exact) mass is 340 g/mol. The summed E-state index contributed by atoms with van der Waals surface area (Å²) < 4.78 is 5.61. The lowest BCUT2D eigenvalue weighted by atomic mass is 10.1. The molecule has 25 heavy (non-hydrogen) atoms. The quantitative estimate of drug-likeness (QED) is 0.726. The van der Waals surface area contributed by atoms with E-state index in [0.717, 1.165) is 16.9 Å². The summed E-state index contributed by atoms with van der Waals surface area (Å²) in [7, 11) is 0. The highest BCUT2D eigenvalue weighted by Crippen LogP contribution is 2.12. The van der Waals surface area contributed by atoms with Crippen molar-refractivity contribution in [2.24, 2.45) is 0 Å². The molecule has 0 aliphatic rings. The predicted molar refractivity (Wildman–Crippen MR) is 97.8 cm³/mol. The van der Waals surface area contributed by atoms with Crippen molar-refractivity contribution < 1.29 is 14.3 Å². The van der Waals surface area contributed by atoms with Crippen molar-refractivity contribution in [1.29, 1.82) is 0 Å². The number of aryl methyl sites for hydroxylation is 2. The zero-order chi connectivity index (χ0) is 18.1. The van der Waals surface area contributed by atoms with Crippen LogP contribution in [0, 0.1) is 13.8 Å². The summed E-state index contributed by atoms with van der Waals surface area (Å²) in [6.07, 6.45) is 0.700. The van der Waals surface area contributed by atoms with Crippen molar-refractivity contribution in [3.8, 4) is 5.75 Å². The average molecular weight is 340 g/mol. The first kappa shape index (κ1) is 18.5. The van der Waals surface area contributed by atoms with Gasteiger partial charge in [0.2, 0.25) is 5.91 Å². The summed E-state index contributed by atoms with van der Waals surface area (Å²) >= 11 is 0. The van der Waals surface area contributed by atoms with Gasteiger partial charge >= 0.3 is 0 Å². The molecule has 0 radical (unpaired) electrons. The second-order valence-corrected chi connectivity index (χ2v) is 5.92. The molecule has 2 amide bonds. The van der Waals surface area contributed by atoms with Gasteiger partial charge in [-0.25, -0.2) is 0 Å². The number of hydrogen-bond acceptors (Lipinski definition) is 3. The Hall–Kier alpha value is -2.82. The van der Waals surface area contributed by atoms with Gasteiger partial charge in [-0.3, -0.25) is 9.59 Å². The van der Waals surface area contributed by atoms with Gasteiger partial charge in [-0.1, -0.05) is 29.8 Å². The molecule has 2 rings (SSSR count). The molecule has 132 valence electrons. The number of benzene rings is 2. The van der Waals surface area contributed by atoms with Crippen LogP contribution >= 0.6 is 0 Å². The Morgan fingerprint density at radius 2 is 1.72 bits per heavy atom. The van der Waals surface area contributed by atoms with Crippen LogP contribution in [0.1, 0.15) is 27.9 Å². The van der Waals surface area contributed by atoms with Crippen LogP contribution in [0.4, 0.5) is 0 Å². The molecule has 0 saturated heterocycles. The van der Waals surface area contributed by atoms with E-state index in [1.165, 1.54) is 0 Å². The molecule has 0 unspecified atom stereocenters. The van der Waals surface area contributed by atoms with Crippen LogP contribution in [0.15, 0.2) is 48.5 Å². The molecule has 0 fully saturated rings. The zero-order valence-corrected chi connectivity index (χ0v) is 14.7. The molecule has 5 nitrogen and oxygen atoms in total. The zero-order valence-electron chi connectivity index (χ0n) is 14.7. The van der Waals surface area contributed by atoms with Gasteiger partial charge in [0, 0.05) is 12.1 Å². The van der Waals surface area contributed by atoms with Crippen molar-refractivity contribution in [3.05, 3.63) is 65.2 Å². The van der Waals surface area contributed by atoms with E-state index in [1.807, 2.05) is 50.2 Å². The van der Waals surface area contributed by atoms with Crippen molar-refractivity contribution in [2.45, 2.75) is 20.3 Å². The maximum atomic E-state index is 11.9. The van der Waals surface area contributed by atoms with Gasteiger partial charge in [0.25, 0.3) is 5.91 Å². The first-order chi connectivity index (χ1) is 12.0. The predicted octanol–water partition coefficient (Wildman–Crippen LogP) is 2.62. The highest BCUT2D eigenvalue weighted by molar-refractivity contribution is 5.96. The molecule has 2 aromatic carbocycles. The molecule has 0 saturated carbocycles. The number of nitrogens with one attached hydrogen (secondary N) is 2. The van der Waals surface area contributed by atoms with Gasteiger partial charge in [0.15, 0.2) is 0 Å². The fourth-order valence-corrected chi connectivity index (χ4v) is 2.23. The minimum absolute atomic E-state index is 0.0363. The Labute approximate surface area is 148 Å². The second-order valence-electron chi connectivity index (χ2n) is 5.92. The molecule has 0 atom stereocenters. The van der Waals surface area contributed by atoms with Crippen LogP contribution in [0.5, 0.6) is 5.75 Å². The van der Waals surface area contributed by atoms with E-state index >= 15 is 0 Å². The lowest BCUT2D eigenvalue weighted by Gasteiger charge is -2.09. The molecule has 2 aromatic rings. The second kappa shape index (κ2) is 9.47. The minimum Gasteiger partial charge on any atom is -0.494 e. The molecule has 0 bridgehead atoms. The normalized spacial score (nSPS) is 10.2. The lowest BCUT2D eigenvalue weighted by molar-refractivity contribution is -0.120. The molecule has 2 N–H and O–H groups in total. The van der Waals surface area contributed by atoms with Crippen LogP contribution in [-0.4, -0.2) is 31.5 Å². The Bertz CT molecular complexity index is 711. The molecule has 0 aromatic heterocycles. The first-order valence-corrected chi connectivity index (χ1v) is 8.35. The topological polar surface area (TPSA) is 67.4 Å². The summed E-state index contributed by atoms with van der Waals surface area (Å²) in [5.41, 5.74) is 2.78. The third-order valence-electron chi connectivity index (χ3n) is 3.62. The van der Waals surface area contributed by atoms with Crippen molar-refractivity contribution >= 4 is 11.8 Å². The number of amides is 2. The van der Waals surface area contributed by atoms with E-state index in [4.69, 9.17) is 4.74 Å². The largest absolute Gasteiger partial charge is 0.494 e. The smallest absolute Gasteiger partial charge is 0.251 e. The molecule has 5 heteroatoms. The number of rotatable bonds is 8. The molecule has 0 aliphatic carbocycles. The van der Waals surface area contributed by atoms with E-state index < -0.39 is 0 Å². The van der Waals surface area contributed by atoms with Crippen molar-refractivity contribution in [3.63, 3.8) is 0 Å². The maximum Gasteiger partial charge on any atom is 0.251 e. The van der Waals surface area contributed by atoms with Crippen LogP contribution in [0.3, 0.4) is 0 Å². The fraction of sp³-hybridized carbons (Fsp3) is 0.300. The van der Waals surface area contributed by atoms with E-state index in [-0.39, 0.29) is 18.4 Å². The number of carbonyl (C=O) groups is 2. The van der Waals surface area contributed by atoms with E-state index in [0.29, 0.717) is 25.1 Å². The van der Waals surface area contributed by atoms with Crippen molar-refractivity contribution in [1.82, 2.24) is 10.6 Å². The summed E-state index contributed by atoms with van der Waals surface area (Å²) in [6.45, 7) is 4.96. The van der Waals surface area contributed by atoms with Crippen LogP contribution in [0.2, 0.25) is 0 Å². The molecule has 0 heterocycles.